The summed E-state index contributed by atoms with van der Waals surface area (Å²) in [6.45, 7) is 6.12. The first-order chi connectivity index (χ1) is 9.52. The molecule has 2 amide bonds. The lowest BCUT2D eigenvalue weighted by molar-refractivity contribution is -0.156. The molecular weight excluding hydrogens is 252 g/mol. The molecule has 4 unspecified atom stereocenters. The molecule has 0 bridgehead atoms. The molecule has 3 rings (SSSR count). The van der Waals surface area contributed by atoms with Crippen LogP contribution in [0.5, 0.6) is 0 Å². The molecule has 2 saturated carbocycles. The first-order valence-electron chi connectivity index (χ1n) is 8.17. The molecule has 4 atom stereocenters. The van der Waals surface area contributed by atoms with Crippen LogP contribution in [0.1, 0.15) is 59.3 Å². The summed E-state index contributed by atoms with van der Waals surface area (Å²) in [6.07, 6.45) is 6.27. The minimum absolute atomic E-state index is 0.0589. The van der Waals surface area contributed by atoms with Gasteiger partial charge in [-0.2, -0.15) is 0 Å². The van der Waals surface area contributed by atoms with Crippen LogP contribution in [0, 0.1) is 11.8 Å². The van der Waals surface area contributed by atoms with E-state index in [4.69, 9.17) is 0 Å². The average Bonchev–Trinajstić information content (AvgIpc) is 3.26. The number of hydrogen-bond acceptors (Lipinski definition) is 2. The molecule has 0 spiro atoms. The number of nitrogens with zero attached hydrogens (tertiary/aromatic N) is 1. The van der Waals surface area contributed by atoms with Gasteiger partial charge in [-0.25, -0.2) is 0 Å². The molecule has 112 valence electrons. The molecule has 4 heteroatoms. The van der Waals surface area contributed by atoms with Crippen molar-refractivity contribution in [2.75, 3.05) is 0 Å². The molecule has 20 heavy (non-hydrogen) atoms. The van der Waals surface area contributed by atoms with Crippen LogP contribution in [0.4, 0.5) is 0 Å². The Balaban J connectivity index is 1.83. The molecule has 1 aliphatic heterocycles. The lowest BCUT2D eigenvalue weighted by Gasteiger charge is -2.45. The highest BCUT2D eigenvalue weighted by molar-refractivity contribution is 6.00. The highest BCUT2D eigenvalue weighted by Crippen LogP contribution is 2.47. The van der Waals surface area contributed by atoms with Gasteiger partial charge in [0.25, 0.3) is 0 Å². The van der Waals surface area contributed by atoms with Crippen LogP contribution in [0.3, 0.4) is 0 Å². The number of carbonyl (C=O) groups is 2. The van der Waals surface area contributed by atoms with Crippen LogP contribution >= 0.6 is 0 Å². The largest absolute Gasteiger partial charge is 0.340 e. The SMILES string of the molecule is CCCC1CC1N1C(=O)C(C)(C2CC2)NC(=O)C1CC. The van der Waals surface area contributed by atoms with Crippen LogP contribution in [-0.4, -0.2) is 34.3 Å². The zero-order valence-electron chi connectivity index (χ0n) is 12.8. The highest BCUT2D eigenvalue weighted by atomic mass is 16.2. The maximum absolute atomic E-state index is 13.0. The molecule has 1 heterocycles. The summed E-state index contributed by atoms with van der Waals surface area (Å²) < 4.78 is 0. The summed E-state index contributed by atoms with van der Waals surface area (Å²) in [5.74, 6) is 1.20. The van der Waals surface area contributed by atoms with Crippen LogP contribution in [0.25, 0.3) is 0 Å². The van der Waals surface area contributed by atoms with E-state index in [0.717, 1.165) is 25.7 Å². The van der Waals surface area contributed by atoms with Crippen molar-refractivity contribution >= 4 is 11.8 Å². The van der Waals surface area contributed by atoms with Crippen LogP contribution in [0.2, 0.25) is 0 Å². The minimum atomic E-state index is -0.637. The third-order valence-corrected chi connectivity index (χ3v) is 5.38. The normalized spacial score (nSPS) is 40.8. The van der Waals surface area contributed by atoms with E-state index in [1.165, 1.54) is 6.42 Å². The van der Waals surface area contributed by atoms with Crippen molar-refractivity contribution < 1.29 is 9.59 Å². The van der Waals surface area contributed by atoms with Gasteiger partial charge in [0.05, 0.1) is 0 Å². The monoisotopic (exact) mass is 278 g/mol. The summed E-state index contributed by atoms with van der Waals surface area (Å²) in [4.78, 5) is 27.4. The van der Waals surface area contributed by atoms with Gasteiger partial charge < -0.3 is 10.2 Å². The molecule has 2 aliphatic carbocycles. The first-order valence-corrected chi connectivity index (χ1v) is 8.17. The van der Waals surface area contributed by atoms with Gasteiger partial charge in [-0.1, -0.05) is 20.3 Å². The number of carbonyl (C=O) groups excluding carboxylic acids is 2. The minimum Gasteiger partial charge on any atom is -0.340 e. The predicted molar refractivity (Wildman–Crippen MR) is 77.0 cm³/mol. The summed E-state index contributed by atoms with van der Waals surface area (Å²) in [6, 6.07) is 0.0673. The van der Waals surface area contributed by atoms with E-state index in [9.17, 15) is 9.59 Å². The van der Waals surface area contributed by atoms with Gasteiger partial charge in [0.1, 0.15) is 11.6 Å². The van der Waals surface area contributed by atoms with Crippen LogP contribution in [-0.2, 0) is 9.59 Å². The Kier molecular flexibility index (Phi) is 3.30. The van der Waals surface area contributed by atoms with Crippen molar-refractivity contribution in [2.24, 2.45) is 11.8 Å². The summed E-state index contributed by atoms with van der Waals surface area (Å²) in [5.41, 5.74) is -0.637. The summed E-state index contributed by atoms with van der Waals surface area (Å²) in [5, 5.41) is 3.03. The van der Waals surface area contributed by atoms with E-state index in [1.807, 2.05) is 18.7 Å². The van der Waals surface area contributed by atoms with E-state index in [0.29, 0.717) is 24.3 Å². The summed E-state index contributed by atoms with van der Waals surface area (Å²) >= 11 is 0. The van der Waals surface area contributed by atoms with Crippen molar-refractivity contribution in [1.82, 2.24) is 10.2 Å². The first kappa shape index (κ1) is 13.9. The maximum atomic E-state index is 13.0. The number of piperazine rings is 1. The Morgan fingerprint density at radius 2 is 2.00 bits per heavy atom. The Bertz CT molecular complexity index is 432. The fraction of sp³-hybridized carbons (Fsp3) is 0.875. The second kappa shape index (κ2) is 4.74. The van der Waals surface area contributed by atoms with Crippen molar-refractivity contribution in [3.05, 3.63) is 0 Å². The Morgan fingerprint density at radius 3 is 2.55 bits per heavy atom. The van der Waals surface area contributed by atoms with Gasteiger partial charge >= 0.3 is 0 Å². The highest BCUT2D eigenvalue weighted by Gasteiger charge is 2.59. The van der Waals surface area contributed by atoms with Gasteiger partial charge in [-0.15, -0.1) is 0 Å². The van der Waals surface area contributed by atoms with E-state index < -0.39 is 5.54 Å². The van der Waals surface area contributed by atoms with Gasteiger partial charge in [0.15, 0.2) is 0 Å². The lowest BCUT2D eigenvalue weighted by atomic mass is 9.88. The smallest absolute Gasteiger partial charge is 0.249 e. The van der Waals surface area contributed by atoms with Gasteiger partial charge in [0, 0.05) is 6.04 Å². The van der Waals surface area contributed by atoms with Gasteiger partial charge in [0.2, 0.25) is 11.8 Å². The van der Waals surface area contributed by atoms with Gasteiger partial charge in [-0.05, 0) is 50.9 Å². The van der Waals surface area contributed by atoms with E-state index in [-0.39, 0.29) is 17.9 Å². The van der Waals surface area contributed by atoms with E-state index in [2.05, 4.69) is 12.2 Å². The fourth-order valence-corrected chi connectivity index (χ4v) is 3.88. The second-order valence-corrected chi connectivity index (χ2v) is 6.95. The Hall–Kier alpha value is -1.06. The van der Waals surface area contributed by atoms with Crippen molar-refractivity contribution in [3.63, 3.8) is 0 Å². The molecule has 1 saturated heterocycles. The number of rotatable bonds is 5. The third kappa shape index (κ3) is 2.04. The summed E-state index contributed by atoms with van der Waals surface area (Å²) in [7, 11) is 0. The van der Waals surface area contributed by atoms with Crippen molar-refractivity contribution in [2.45, 2.75) is 76.9 Å². The molecule has 0 aromatic carbocycles. The predicted octanol–water partition coefficient (Wildman–Crippen LogP) is 2.08. The molecule has 3 aliphatic rings. The average molecular weight is 278 g/mol. The molecule has 4 nitrogen and oxygen atoms in total. The molecule has 3 fully saturated rings. The van der Waals surface area contributed by atoms with E-state index >= 15 is 0 Å². The number of nitrogens with one attached hydrogen (secondary N) is 1. The Morgan fingerprint density at radius 1 is 1.30 bits per heavy atom. The standard InChI is InChI=1S/C16H26N2O2/c1-4-6-10-9-13(10)18-12(5-2)14(19)17-16(3,15(18)20)11-7-8-11/h10-13H,4-9H2,1-3H3,(H,17,19). The van der Waals surface area contributed by atoms with Crippen LogP contribution < -0.4 is 5.32 Å². The van der Waals surface area contributed by atoms with Crippen LogP contribution in [0.15, 0.2) is 0 Å². The zero-order valence-corrected chi connectivity index (χ0v) is 12.8. The van der Waals surface area contributed by atoms with Crippen molar-refractivity contribution in [1.29, 1.82) is 0 Å². The van der Waals surface area contributed by atoms with Crippen molar-refractivity contribution in [3.8, 4) is 0 Å². The fourth-order valence-electron chi connectivity index (χ4n) is 3.88. The number of hydrogen-bond donors (Lipinski definition) is 1. The molecule has 1 N–H and O–H groups in total. The molecule has 0 aromatic heterocycles. The quantitative estimate of drug-likeness (QED) is 0.837. The lowest BCUT2D eigenvalue weighted by Crippen LogP contribution is -2.70. The Labute approximate surface area is 121 Å². The third-order valence-electron chi connectivity index (χ3n) is 5.38. The topological polar surface area (TPSA) is 49.4 Å². The zero-order chi connectivity index (χ0) is 14.5. The van der Waals surface area contributed by atoms with E-state index in [1.54, 1.807) is 0 Å². The molecular formula is C16H26N2O2. The second-order valence-electron chi connectivity index (χ2n) is 6.95. The molecule has 0 radical (unpaired) electrons. The molecule has 0 aromatic rings. The maximum Gasteiger partial charge on any atom is 0.249 e. The number of amides is 2. The van der Waals surface area contributed by atoms with Gasteiger partial charge in [-0.3, -0.25) is 9.59 Å².